The van der Waals surface area contributed by atoms with Gasteiger partial charge in [-0.25, -0.2) is 4.79 Å². The summed E-state index contributed by atoms with van der Waals surface area (Å²) in [7, 11) is 0. The van der Waals surface area contributed by atoms with Crippen LogP contribution in [0.1, 0.15) is 63.6 Å². The molecule has 23 heavy (non-hydrogen) atoms. The molecule has 3 nitrogen and oxygen atoms in total. The molecule has 3 heteroatoms. The Balaban J connectivity index is 2.62. The standard InChI is InChI=1S/C20H29NO2/c1-7-8-9-17(19(22)23)21-18-11-14(3)13(2)10-16(18)15(4)12-20(21,5)6/h10-12,17H,7-9H2,1-6H3,(H,22,23)/t17-/m1/s1. The van der Waals surface area contributed by atoms with E-state index in [9.17, 15) is 9.90 Å². The summed E-state index contributed by atoms with van der Waals surface area (Å²) in [4.78, 5) is 14.1. The molecule has 1 aliphatic heterocycles. The molecule has 0 aromatic heterocycles. The van der Waals surface area contributed by atoms with Crippen LogP contribution in [0.4, 0.5) is 5.69 Å². The monoisotopic (exact) mass is 315 g/mol. The second-order valence-electron chi connectivity index (χ2n) is 7.30. The molecule has 1 N–H and O–H groups in total. The molecule has 0 amide bonds. The van der Waals surface area contributed by atoms with Gasteiger partial charge in [0.25, 0.3) is 0 Å². The minimum Gasteiger partial charge on any atom is -0.480 e. The first-order valence-electron chi connectivity index (χ1n) is 8.52. The van der Waals surface area contributed by atoms with Crippen LogP contribution in [0.15, 0.2) is 18.2 Å². The van der Waals surface area contributed by atoms with Crippen LogP contribution in [0, 0.1) is 13.8 Å². The van der Waals surface area contributed by atoms with Crippen LogP contribution in [0.25, 0.3) is 5.57 Å². The number of aryl methyl sites for hydroxylation is 2. The number of hydrogen-bond donors (Lipinski definition) is 1. The molecule has 0 saturated heterocycles. The average Bonchev–Trinajstić information content (AvgIpc) is 2.43. The van der Waals surface area contributed by atoms with Crippen LogP contribution in [-0.2, 0) is 4.79 Å². The van der Waals surface area contributed by atoms with E-state index in [4.69, 9.17) is 0 Å². The van der Waals surface area contributed by atoms with Crippen molar-refractivity contribution in [1.29, 1.82) is 0 Å². The van der Waals surface area contributed by atoms with Crippen molar-refractivity contribution in [2.75, 3.05) is 4.90 Å². The number of unbranched alkanes of at least 4 members (excludes halogenated alkanes) is 1. The van der Waals surface area contributed by atoms with Crippen molar-refractivity contribution in [2.24, 2.45) is 0 Å². The summed E-state index contributed by atoms with van der Waals surface area (Å²) in [5.74, 6) is -0.733. The summed E-state index contributed by atoms with van der Waals surface area (Å²) in [5.41, 5.74) is 5.59. The maximum Gasteiger partial charge on any atom is 0.326 e. The number of anilines is 1. The third-order valence-corrected chi connectivity index (χ3v) is 4.91. The van der Waals surface area contributed by atoms with E-state index in [2.05, 4.69) is 64.7 Å². The lowest BCUT2D eigenvalue weighted by atomic mass is 9.85. The van der Waals surface area contributed by atoms with Crippen molar-refractivity contribution in [3.05, 3.63) is 34.9 Å². The SMILES string of the molecule is CCCC[C@H](C(=O)O)N1c2cc(C)c(C)cc2C(C)=CC1(C)C. The first-order valence-corrected chi connectivity index (χ1v) is 8.52. The first-order chi connectivity index (χ1) is 10.7. The lowest BCUT2D eigenvalue weighted by molar-refractivity contribution is -0.139. The van der Waals surface area contributed by atoms with Crippen molar-refractivity contribution < 1.29 is 9.90 Å². The summed E-state index contributed by atoms with van der Waals surface area (Å²) in [6.45, 7) is 12.6. The summed E-state index contributed by atoms with van der Waals surface area (Å²) in [6.07, 6.45) is 4.81. The zero-order valence-electron chi connectivity index (χ0n) is 15.2. The second-order valence-corrected chi connectivity index (χ2v) is 7.30. The third-order valence-electron chi connectivity index (χ3n) is 4.91. The Labute approximate surface area is 140 Å². The van der Waals surface area contributed by atoms with Crippen molar-refractivity contribution >= 4 is 17.2 Å². The molecule has 1 atom stereocenters. The Morgan fingerprint density at radius 3 is 2.39 bits per heavy atom. The van der Waals surface area contributed by atoms with E-state index in [1.165, 1.54) is 16.7 Å². The zero-order valence-corrected chi connectivity index (χ0v) is 15.2. The van der Waals surface area contributed by atoms with Crippen LogP contribution in [0.3, 0.4) is 0 Å². The highest BCUT2D eigenvalue weighted by atomic mass is 16.4. The lowest BCUT2D eigenvalue weighted by Gasteiger charge is -2.46. The number of allylic oxidation sites excluding steroid dienone is 1. The van der Waals surface area contributed by atoms with Crippen molar-refractivity contribution in [1.82, 2.24) is 0 Å². The average molecular weight is 315 g/mol. The number of nitrogens with zero attached hydrogens (tertiary/aromatic N) is 1. The molecular weight excluding hydrogens is 286 g/mol. The highest BCUT2D eigenvalue weighted by Gasteiger charge is 2.39. The molecule has 0 unspecified atom stereocenters. The quantitative estimate of drug-likeness (QED) is 0.836. The number of carboxylic acids is 1. The predicted molar refractivity (Wildman–Crippen MR) is 97.1 cm³/mol. The second kappa shape index (κ2) is 6.38. The summed E-state index contributed by atoms with van der Waals surface area (Å²) in [5, 5.41) is 9.84. The number of aliphatic carboxylic acids is 1. The van der Waals surface area contributed by atoms with Crippen LogP contribution < -0.4 is 4.90 Å². The molecule has 1 heterocycles. The van der Waals surface area contributed by atoms with Crippen molar-refractivity contribution in [2.45, 2.75) is 72.4 Å². The van der Waals surface area contributed by atoms with Gasteiger partial charge in [-0.15, -0.1) is 0 Å². The number of rotatable bonds is 5. The third kappa shape index (κ3) is 3.29. The number of carbonyl (C=O) groups is 1. The topological polar surface area (TPSA) is 40.5 Å². The maximum absolute atomic E-state index is 12.0. The Morgan fingerprint density at radius 2 is 1.83 bits per heavy atom. The molecule has 0 fully saturated rings. The van der Waals surface area contributed by atoms with Gasteiger partial charge < -0.3 is 10.0 Å². The Kier molecular flexibility index (Phi) is 4.88. The van der Waals surface area contributed by atoms with Crippen molar-refractivity contribution in [3.8, 4) is 0 Å². The smallest absolute Gasteiger partial charge is 0.326 e. The summed E-state index contributed by atoms with van der Waals surface area (Å²) >= 11 is 0. The number of hydrogen-bond acceptors (Lipinski definition) is 2. The van der Waals surface area contributed by atoms with Gasteiger partial charge in [-0.3, -0.25) is 0 Å². The minimum absolute atomic E-state index is 0.310. The predicted octanol–water partition coefficient (Wildman–Crippen LogP) is 4.95. The molecule has 0 radical (unpaired) electrons. The molecule has 0 spiro atoms. The van der Waals surface area contributed by atoms with E-state index in [1.807, 2.05) is 0 Å². The Morgan fingerprint density at radius 1 is 1.22 bits per heavy atom. The fourth-order valence-electron chi connectivity index (χ4n) is 3.63. The first kappa shape index (κ1) is 17.6. The molecule has 1 aromatic rings. The van der Waals surface area contributed by atoms with Crippen molar-refractivity contribution in [3.63, 3.8) is 0 Å². The van der Waals surface area contributed by atoms with Gasteiger partial charge >= 0.3 is 5.97 Å². The number of carboxylic acid groups (broad SMARTS) is 1. The minimum atomic E-state index is -0.733. The molecule has 0 saturated carbocycles. The van der Waals surface area contributed by atoms with Gasteiger partial charge in [-0.05, 0) is 69.9 Å². The molecule has 126 valence electrons. The van der Waals surface area contributed by atoms with E-state index >= 15 is 0 Å². The number of benzene rings is 1. The van der Waals surface area contributed by atoms with Crippen LogP contribution in [-0.4, -0.2) is 22.7 Å². The largest absolute Gasteiger partial charge is 0.480 e. The van der Waals surface area contributed by atoms with Crippen LogP contribution in [0.5, 0.6) is 0 Å². The lowest BCUT2D eigenvalue weighted by Crippen LogP contribution is -2.54. The molecule has 1 aromatic carbocycles. The highest BCUT2D eigenvalue weighted by molar-refractivity contribution is 5.87. The molecule has 2 rings (SSSR count). The zero-order chi connectivity index (χ0) is 17.4. The van der Waals surface area contributed by atoms with Crippen LogP contribution >= 0.6 is 0 Å². The molecule has 0 bridgehead atoms. The van der Waals surface area contributed by atoms with Gasteiger partial charge in [0.05, 0.1) is 5.54 Å². The normalized spacial score (nSPS) is 17.5. The van der Waals surface area contributed by atoms with E-state index in [0.29, 0.717) is 6.42 Å². The van der Waals surface area contributed by atoms with Gasteiger partial charge in [-0.2, -0.15) is 0 Å². The Hall–Kier alpha value is -1.77. The summed E-state index contributed by atoms with van der Waals surface area (Å²) < 4.78 is 0. The van der Waals surface area contributed by atoms with E-state index in [1.54, 1.807) is 0 Å². The van der Waals surface area contributed by atoms with Gasteiger partial charge in [-0.1, -0.05) is 25.8 Å². The fraction of sp³-hybridized carbons (Fsp3) is 0.550. The van der Waals surface area contributed by atoms with Gasteiger partial charge in [0, 0.05) is 11.3 Å². The molecular formula is C20H29NO2. The van der Waals surface area contributed by atoms with E-state index in [-0.39, 0.29) is 5.54 Å². The fourth-order valence-corrected chi connectivity index (χ4v) is 3.63. The van der Waals surface area contributed by atoms with Gasteiger partial charge in [0.2, 0.25) is 0 Å². The molecule has 1 aliphatic rings. The van der Waals surface area contributed by atoms with E-state index < -0.39 is 12.0 Å². The number of fused-ring (bicyclic) bond motifs is 1. The summed E-state index contributed by atoms with van der Waals surface area (Å²) in [6, 6.07) is 3.86. The Bertz CT molecular complexity index is 643. The van der Waals surface area contributed by atoms with Gasteiger partial charge in [0.1, 0.15) is 6.04 Å². The molecule has 0 aliphatic carbocycles. The van der Waals surface area contributed by atoms with Gasteiger partial charge in [0.15, 0.2) is 0 Å². The highest BCUT2D eigenvalue weighted by Crippen LogP contribution is 2.42. The van der Waals surface area contributed by atoms with Crippen LogP contribution in [0.2, 0.25) is 0 Å². The maximum atomic E-state index is 12.0. The van der Waals surface area contributed by atoms with E-state index in [0.717, 1.165) is 24.1 Å².